The molecule has 96 valence electrons. The summed E-state index contributed by atoms with van der Waals surface area (Å²) in [5.74, 6) is -0.164. The van der Waals surface area contributed by atoms with E-state index in [0.717, 1.165) is 12.8 Å². The van der Waals surface area contributed by atoms with E-state index in [2.05, 4.69) is 20.8 Å². The molecule has 0 atom stereocenters. The molecule has 0 spiro atoms. The maximum atomic E-state index is 11.5. The summed E-state index contributed by atoms with van der Waals surface area (Å²) in [6.07, 6.45) is 2.82. The normalized spacial score (nSPS) is 12.6. The number of carbonyl (C=O) groups is 1. The van der Waals surface area contributed by atoms with Crippen LogP contribution in [0.3, 0.4) is 0 Å². The zero-order chi connectivity index (χ0) is 12.8. The maximum absolute atomic E-state index is 11.5. The molecule has 0 saturated heterocycles. The third kappa shape index (κ3) is 8.72. The van der Waals surface area contributed by atoms with Gasteiger partial charge < -0.3 is 9.84 Å². The molecule has 0 amide bonds. The number of hydrogen-bond acceptors (Lipinski definition) is 3. The Morgan fingerprint density at radius 3 is 2.12 bits per heavy atom. The molecule has 0 heterocycles. The van der Waals surface area contributed by atoms with Crippen LogP contribution in [0, 0.1) is 5.41 Å². The Kier molecular flexibility index (Phi) is 6.01. The Labute approximate surface area is 99.2 Å². The second-order valence-electron chi connectivity index (χ2n) is 6.12. The molecule has 0 aliphatic rings. The van der Waals surface area contributed by atoms with Crippen LogP contribution in [-0.4, -0.2) is 23.3 Å². The number of rotatable bonds is 6. The number of hydrogen-bond donors (Lipinski definition) is 1. The van der Waals surface area contributed by atoms with Crippen molar-refractivity contribution in [1.29, 1.82) is 0 Å². The topological polar surface area (TPSA) is 46.5 Å². The first-order valence-electron chi connectivity index (χ1n) is 5.99. The SMILES string of the molecule is CC(C)(C)CCCC(=O)OC(C)(C)CCO. The number of ether oxygens (including phenoxy) is 1. The van der Waals surface area contributed by atoms with E-state index >= 15 is 0 Å². The van der Waals surface area contributed by atoms with Gasteiger partial charge in [-0.2, -0.15) is 0 Å². The van der Waals surface area contributed by atoms with Crippen LogP contribution in [0.5, 0.6) is 0 Å². The van der Waals surface area contributed by atoms with Gasteiger partial charge in [-0.05, 0) is 32.1 Å². The summed E-state index contributed by atoms with van der Waals surface area (Å²) in [4.78, 5) is 11.5. The van der Waals surface area contributed by atoms with Crippen molar-refractivity contribution in [2.24, 2.45) is 5.41 Å². The van der Waals surface area contributed by atoms with Crippen molar-refractivity contribution in [3.63, 3.8) is 0 Å². The first-order chi connectivity index (χ1) is 7.16. The number of aliphatic hydroxyl groups excluding tert-OH is 1. The van der Waals surface area contributed by atoms with Crippen LogP contribution in [0.4, 0.5) is 0 Å². The zero-order valence-electron chi connectivity index (χ0n) is 11.3. The molecule has 0 aliphatic heterocycles. The molecule has 16 heavy (non-hydrogen) atoms. The molecule has 0 aromatic carbocycles. The predicted molar refractivity (Wildman–Crippen MR) is 65.2 cm³/mol. The Morgan fingerprint density at radius 2 is 1.69 bits per heavy atom. The van der Waals surface area contributed by atoms with Crippen molar-refractivity contribution in [2.45, 2.75) is 65.9 Å². The van der Waals surface area contributed by atoms with Crippen molar-refractivity contribution in [3.05, 3.63) is 0 Å². The lowest BCUT2D eigenvalue weighted by molar-refractivity contribution is -0.157. The maximum Gasteiger partial charge on any atom is 0.306 e. The largest absolute Gasteiger partial charge is 0.460 e. The van der Waals surface area contributed by atoms with Gasteiger partial charge in [0.25, 0.3) is 0 Å². The Morgan fingerprint density at radius 1 is 1.12 bits per heavy atom. The number of aliphatic hydroxyl groups is 1. The molecule has 0 aromatic heterocycles. The fraction of sp³-hybridized carbons (Fsp3) is 0.923. The average Bonchev–Trinajstić information content (AvgIpc) is 1.99. The van der Waals surface area contributed by atoms with E-state index in [1.807, 2.05) is 13.8 Å². The van der Waals surface area contributed by atoms with E-state index in [-0.39, 0.29) is 18.0 Å². The van der Waals surface area contributed by atoms with Crippen molar-refractivity contribution in [1.82, 2.24) is 0 Å². The predicted octanol–water partition coefficient (Wildman–Crippen LogP) is 2.91. The molecule has 0 aliphatic carbocycles. The molecule has 3 nitrogen and oxygen atoms in total. The summed E-state index contributed by atoms with van der Waals surface area (Å²) in [6.45, 7) is 10.2. The molecule has 0 aromatic rings. The molecular weight excluding hydrogens is 204 g/mol. The van der Waals surface area contributed by atoms with Crippen molar-refractivity contribution >= 4 is 5.97 Å². The molecule has 0 bridgehead atoms. The highest BCUT2D eigenvalue weighted by Crippen LogP contribution is 2.22. The van der Waals surface area contributed by atoms with E-state index in [1.54, 1.807) is 0 Å². The third-order valence-electron chi connectivity index (χ3n) is 2.41. The molecule has 0 fully saturated rings. The van der Waals surface area contributed by atoms with Gasteiger partial charge in [-0.3, -0.25) is 4.79 Å². The van der Waals surface area contributed by atoms with Crippen LogP contribution in [-0.2, 0) is 9.53 Å². The molecular formula is C13H26O3. The minimum atomic E-state index is -0.548. The fourth-order valence-electron chi connectivity index (χ4n) is 1.44. The number of esters is 1. The van der Waals surface area contributed by atoms with E-state index < -0.39 is 5.60 Å². The molecule has 0 radical (unpaired) electrons. The summed E-state index contributed by atoms with van der Waals surface area (Å²) in [5, 5.41) is 8.81. The zero-order valence-corrected chi connectivity index (χ0v) is 11.3. The van der Waals surface area contributed by atoms with Crippen LogP contribution in [0.25, 0.3) is 0 Å². The molecule has 0 rings (SSSR count). The lowest BCUT2D eigenvalue weighted by Crippen LogP contribution is -2.29. The highest BCUT2D eigenvalue weighted by molar-refractivity contribution is 5.69. The molecule has 0 unspecified atom stereocenters. The van der Waals surface area contributed by atoms with Gasteiger partial charge in [0.05, 0.1) is 0 Å². The quantitative estimate of drug-likeness (QED) is 0.714. The summed E-state index contributed by atoms with van der Waals surface area (Å²) >= 11 is 0. The average molecular weight is 230 g/mol. The Bertz CT molecular complexity index is 214. The van der Waals surface area contributed by atoms with Crippen molar-refractivity contribution in [3.8, 4) is 0 Å². The van der Waals surface area contributed by atoms with Crippen molar-refractivity contribution < 1.29 is 14.6 Å². The van der Waals surface area contributed by atoms with Crippen LogP contribution in [0.15, 0.2) is 0 Å². The van der Waals surface area contributed by atoms with Crippen LogP contribution in [0.2, 0.25) is 0 Å². The van der Waals surface area contributed by atoms with Crippen LogP contribution < -0.4 is 0 Å². The minimum Gasteiger partial charge on any atom is -0.460 e. The minimum absolute atomic E-state index is 0.0439. The van der Waals surface area contributed by atoms with Gasteiger partial charge in [-0.15, -0.1) is 0 Å². The highest BCUT2D eigenvalue weighted by atomic mass is 16.6. The van der Waals surface area contributed by atoms with E-state index in [9.17, 15) is 4.79 Å². The van der Waals surface area contributed by atoms with E-state index in [0.29, 0.717) is 12.8 Å². The second kappa shape index (κ2) is 6.24. The summed E-state index contributed by atoms with van der Waals surface area (Å²) in [6, 6.07) is 0. The fourth-order valence-corrected chi connectivity index (χ4v) is 1.44. The highest BCUT2D eigenvalue weighted by Gasteiger charge is 2.22. The van der Waals surface area contributed by atoms with E-state index in [4.69, 9.17) is 9.84 Å². The first kappa shape index (κ1) is 15.4. The first-order valence-corrected chi connectivity index (χ1v) is 5.99. The van der Waals surface area contributed by atoms with Gasteiger partial charge >= 0.3 is 5.97 Å². The smallest absolute Gasteiger partial charge is 0.306 e. The monoisotopic (exact) mass is 230 g/mol. The Hall–Kier alpha value is -0.570. The molecule has 1 N–H and O–H groups in total. The van der Waals surface area contributed by atoms with Gasteiger partial charge in [0.15, 0.2) is 0 Å². The standard InChI is InChI=1S/C13H26O3/c1-12(2,3)8-6-7-11(15)16-13(4,5)9-10-14/h14H,6-10H2,1-5H3. The Balaban J connectivity index is 3.83. The molecule has 0 saturated carbocycles. The van der Waals surface area contributed by atoms with Gasteiger partial charge in [-0.1, -0.05) is 20.8 Å². The summed E-state index contributed by atoms with van der Waals surface area (Å²) < 4.78 is 5.29. The summed E-state index contributed by atoms with van der Waals surface area (Å²) in [5.41, 5.74) is -0.283. The van der Waals surface area contributed by atoms with Crippen LogP contribution in [0.1, 0.15) is 60.3 Å². The van der Waals surface area contributed by atoms with Crippen LogP contribution >= 0.6 is 0 Å². The second-order valence-corrected chi connectivity index (χ2v) is 6.12. The number of carbonyl (C=O) groups excluding carboxylic acids is 1. The van der Waals surface area contributed by atoms with Gasteiger partial charge in [0.1, 0.15) is 5.60 Å². The van der Waals surface area contributed by atoms with Gasteiger partial charge in [0, 0.05) is 19.4 Å². The van der Waals surface area contributed by atoms with Gasteiger partial charge in [0.2, 0.25) is 0 Å². The van der Waals surface area contributed by atoms with Gasteiger partial charge in [-0.25, -0.2) is 0 Å². The third-order valence-corrected chi connectivity index (χ3v) is 2.41. The van der Waals surface area contributed by atoms with E-state index in [1.165, 1.54) is 0 Å². The molecule has 3 heteroatoms. The lowest BCUT2D eigenvalue weighted by Gasteiger charge is -2.24. The van der Waals surface area contributed by atoms with Crippen molar-refractivity contribution in [2.75, 3.05) is 6.61 Å². The lowest BCUT2D eigenvalue weighted by atomic mass is 9.90. The summed E-state index contributed by atoms with van der Waals surface area (Å²) in [7, 11) is 0.